The molecule has 0 aromatic carbocycles. The molecule has 4 unspecified atom stereocenters. The smallest absolute Gasteiger partial charge is 0.323 e. The third-order valence-corrected chi connectivity index (χ3v) is 5.65. The Kier molecular flexibility index (Phi) is 3.96. The number of hydrogen-bond acceptors (Lipinski definition) is 5. The van der Waals surface area contributed by atoms with Gasteiger partial charge in [-0.1, -0.05) is 6.07 Å². The van der Waals surface area contributed by atoms with Crippen molar-refractivity contribution < 1.29 is 13.7 Å². The fourth-order valence-corrected chi connectivity index (χ4v) is 4.30. The standard InChI is InChI=1S/C11H15NO3S2/c1-7-10(9-4-3-5-16-9)12-8(6-17(7)14)11(13)15-2/h3-5,7-8,10,12H,6H2,1-2H3. The van der Waals surface area contributed by atoms with E-state index in [1.165, 1.54) is 7.11 Å². The quantitative estimate of drug-likeness (QED) is 0.819. The van der Waals surface area contributed by atoms with Crippen LogP contribution < -0.4 is 5.32 Å². The molecule has 2 heterocycles. The van der Waals surface area contributed by atoms with Gasteiger partial charge in [0.15, 0.2) is 0 Å². The van der Waals surface area contributed by atoms with Gasteiger partial charge in [-0.25, -0.2) is 0 Å². The summed E-state index contributed by atoms with van der Waals surface area (Å²) >= 11 is 1.61. The molecule has 0 radical (unpaired) electrons. The Balaban J connectivity index is 2.20. The second-order valence-electron chi connectivity index (χ2n) is 3.99. The molecule has 1 N–H and O–H groups in total. The predicted octanol–water partition coefficient (Wildman–Crippen LogP) is 1.07. The largest absolute Gasteiger partial charge is 0.468 e. The molecule has 1 aromatic rings. The van der Waals surface area contributed by atoms with Crippen LogP contribution in [0.1, 0.15) is 17.8 Å². The maximum atomic E-state index is 12.0. The van der Waals surface area contributed by atoms with Gasteiger partial charge in [0.25, 0.3) is 0 Å². The van der Waals surface area contributed by atoms with Gasteiger partial charge < -0.3 is 4.74 Å². The van der Waals surface area contributed by atoms with E-state index >= 15 is 0 Å². The molecular weight excluding hydrogens is 258 g/mol. The van der Waals surface area contributed by atoms with Crippen molar-refractivity contribution in [3.8, 4) is 0 Å². The molecule has 0 bridgehead atoms. The van der Waals surface area contributed by atoms with E-state index in [0.717, 1.165) is 4.88 Å². The molecule has 1 aromatic heterocycles. The van der Waals surface area contributed by atoms with E-state index in [1.807, 2.05) is 24.4 Å². The molecule has 1 fully saturated rings. The first kappa shape index (κ1) is 12.7. The van der Waals surface area contributed by atoms with Crippen LogP contribution in [0, 0.1) is 0 Å². The first-order valence-electron chi connectivity index (χ1n) is 5.38. The highest BCUT2D eigenvalue weighted by atomic mass is 32.2. The Hall–Kier alpha value is -0.720. The Morgan fingerprint density at radius 1 is 1.65 bits per heavy atom. The third kappa shape index (κ3) is 2.59. The van der Waals surface area contributed by atoms with Crippen LogP contribution in [-0.2, 0) is 20.3 Å². The minimum atomic E-state index is -1.01. The normalized spacial score (nSPS) is 33.3. The first-order valence-corrected chi connectivity index (χ1v) is 7.64. The minimum absolute atomic E-state index is 0.00885. The van der Waals surface area contributed by atoms with Gasteiger partial charge in [0.1, 0.15) is 6.04 Å². The van der Waals surface area contributed by atoms with Crippen LogP contribution in [0.2, 0.25) is 0 Å². The fraction of sp³-hybridized carbons (Fsp3) is 0.545. The molecule has 0 spiro atoms. The summed E-state index contributed by atoms with van der Waals surface area (Å²) < 4.78 is 16.7. The summed E-state index contributed by atoms with van der Waals surface area (Å²) in [6.07, 6.45) is 0. The Morgan fingerprint density at radius 2 is 2.41 bits per heavy atom. The molecule has 94 valence electrons. The third-order valence-electron chi connectivity index (χ3n) is 2.93. The lowest BCUT2D eigenvalue weighted by Crippen LogP contribution is -2.52. The van der Waals surface area contributed by atoms with E-state index < -0.39 is 16.8 Å². The summed E-state index contributed by atoms with van der Waals surface area (Å²) in [5.74, 6) is -0.0118. The Bertz CT molecular complexity index is 418. The zero-order valence-corrected chi connectivity index (χ0v) is 11.3. The molecule has 6 heteroatoms. The van der Waals surface area contributed by atoms with Crippen molar-refractivity contribution in [3.05, 3.63) is 22.4 Å². The summed E-state index contributed by atoms with van der Waals surface area (Å²) in [4.78, 5) is 12.6. The van der Waals surface area contributed by atoms with Crippen molar-refractivity contribution in [2.75, 3.05) is 12.9 Å². The zero-order chi connectivity index (χ0) is 12.4. The molecule has 1 aliphatic heterocycles. The average molecular weight is 273 g/mol. The van der Waals surface area contributed by atoms with Gasteiger partial charge >= 0.3 is 5.97 Å². The molecule has 1 aliphatic rings. The number of carbonyl (C=O) groups is 1. The van der Waals surface area contributed by atoms with Gasteiger partial charge in [0.2, 0.25) is 0 Å². The predicted molar refractivity (Wildman–Crippen MR) is 68.5 cm³/mol. The van der Waals surface area contributed by atoms with Crippen LogP contribution in [0.3, 0.4) is 0 Å². The monoisotopic (exact) mass is 273 g/mol. The molecule has 0 amide bonds. The second-order valence-corrected chi connectivity index (χ2v) is 6.81. The number of methoxy groups -OCH3 is 1. The molecule has 2 rings (SSSR count). The Labute approximate surface area is 107 Å². The summed E-state index contributed by atoms with van der Waals surface area (Å²) in [6.45, 7) is 1.95. The van der Waals surface area contributed by atoms with E-state index in [-0.39, 0.29) is 17.3 Å². The van der Waals surface area contributed by atoms with E-state index in [0.29, 0.717) is 5.75 Å². The number of nitrogens with one attached hydrogen (secondary N) is 1. The van der Waals surface area contributed by atoms with Gasteiger partial charge in [-0.2, -0.15) is 0 Å². The summed E-state index contributed by atoms with van der Waals surface area (Å²) in [5, 5.41) is 5.22. The molecule has 4 atom stereocenters. The molecule has 0 aliphatic carbocycles. The van der Waals surface area contributed by atoms with Crippen LogP contribution in [0.15, 0.2) is 17.5 Å². The van der Waals surface area contributed by atoms with Gasteiger partial charge in [-0.3, -0.25) is 14.3 Å². The van der Waals surface area contributed by atoms with Gasteiger partial charge in [-0.05, 0) is 18.4 Å². The fourth-order valence-electron chi connectivity index (χ4n) is 1.93. The highest BCUT2D eigenvalue weighted by molar-refractivity contribution is 7.85. The zero-order valence-electron chi connectivity index (χ0n) is 9.71. The van der Waals surface area contributed by atoms with E-state index in [9.17, 15) is 9.00 Å². The van der Waals surface area contributed by atoms with Crippen LogP contribution in [-0.4, -0.2) is 34.3 Å². The van der Waals surface area contributed by atoms with Gasteiger partial charge in [-0.15, -0.1) is 11.3 Å². The topological polar surface area (TPSA) is 55.4 Å². The van der Waals surface area contributed by atoms with Crippen LogP contribution in [0.5, 0.6) is 0 Å². The SMILES string of the molecule is COC(=O)C1CS(=O)C(C)C(c2cccs2)N1. The highest BCUT2D eigenvalue weighted by Gasteiger charge is 2.37. The second kappa shape index (κ2) is 5.29. The van der Waals surface area contributed by atoms with Gasteiger partial charge in [0, 0.05) is 15.7 Å². The average Bonchev–Trinajstić information content (AvgIpc) is 2.85. The minimum Gasteiger partial charge on any atom is -0.468 e. The Morgan fingerprint density at radius 3 is 3.00 bits per heavy atom. The maximum Gasteiger partial charge on any atom is 0.323 e. The van der Waals surface area contributed by atoms with Gasteiger partial charge in [0.05, 0.1) is 24.2 Å². The van der Waals surface area contributed by atoms with Crippen LogP contribution >= 0.6 is 11.3 Å². The number of carbonyl (C=O) groups excluding carboxylic acids is 1. The number of ether oxygens (including phenoxy) is 1. The van der Waals surface area contributed by atoms with Crippen molar-refractivity contribution in [2.24, 2.45) is 0 Å². The molecule has 1 saturated heterocycles. The van der Waals surface area contributed by atoms with E-state index in [4.69, 9.17) is 4.74 Å². The number of esters is 1. The van der Waals surface area contributed by atoms with Crippen molar-refractivity contribution in [2.45, 2.75) is 24.3 Å². The van der Waals surface area contributed by atoms with Crippen LogP contribution in [0.4, 0.5) is 0 Å². The number of thiophene rings is 1. The van der Waals surface area contributed by atoms with Crippen molar-refractivity contribution >= 4 is 28.1 Å². The highest BCUT2D eigenvalue weighted by Crippen LogP contribution is 2.28. The van der Waals surface area contributed by atoms with Crippen molar-refractivity contribution in [1.82, 2.24) is 5.32 Å². The van der Waals surface area contributed by atoms with E-state index in [1.54, 1.807) is 11.3 Å². The lowest BCUT2D eigenvalue weighted by molar-refractivity contribution is -0.142. The summed E-state index contributed by atoms with van der Waals surface area (Å²) in [6, 6.07) is 3.45. The van der Waals surface area contributed by atoms with Crippen LogP contribution in [0.25, 0.3) is 0 Å². The molecule has 4 nitrogen and oxygen atoms in total. The number of rotatable bonds is 2. The molecule has 0 saturated carbocycles. The van der Waals surface area contributed by atoms with E-state index in [2.05, 4.69) is 5.32 Å². The lowest BCUT2D eigenvalue weighted by atomic mass is 10.1. The van der Waals surface area contributed by atoms with Crippen molar-refractivity contribution in [3.63, 3.8) is 0 Å². The lowest BCUT2D eigenvalue weighted by Gasteiger charge is -2.33. The first-order chi connectivity index (χ1) is 8.13. The number of hydrogen-bond donors (Lipinski definition) is 1. The summed E-state index contributed by atoms with van der Waals surface area (Å²) in [5.41, 5.74) is 0. The molecule has 17 heavy (non-hydrogen) atoms. The van der Waals surface area contributed by atoms with Crippen molar-refractivity contribution in [1.29, 1.82) is 0 Å². The maximum absolute atomic E-state index is 12.0. The summed E-state index contributed by atoms with van der Waals surface area (Å²) in [7, 11) is 0.344. The molecular formula is C11H15NO3S2.